The Balaban J connectivity index is 1.55. The second kappa shape index (κ2) is 11.4. The molecule has 0 bridgehead atoms. The molecule has 220 valence electrons. The van der Waals surface area contributed by atoms with E-state index in [9.17, 15) is 27.2 Å². The van der Waals surface area contributed by atoms with Crippen LogP contribution < -0.4 is 9.41 Å². The van der Waals surface area contributed by atoms with Gasteiger partial charge in [-0.05, 0) is 18.2 Å². The number of alkyl halides is 5. The molecule has 0 fully saturated rings. The van der Waals surface area contributed by atoms with E-state index in [1.54, 1.807) is 24.1 Å². The number of aromatic amines is 1. The van der Waals surface area contributed by atoms with Crippen LogP contribution in [-0.2, 0) is 18.0 Å². The lowest BCUT2D eigenvalue weighted by molar-refractivity contribution is -0.730. The molecule has 4 heterocycles. The molecule has 18 heteroatoms. The van der Waals surface area contributed by atoms with E-state index in [-0.39, 0.29) is 34.0 Å². The Hall–Kier alpha value is -4.51. The van der Waals surface area contributed by atoms with Crippen molar-refractivity contribution in [3.05, 3.63) is 82.7 Å². The molecule has 0 spiro atoms. The Labute approximate surface area is 237 Å². The highest BCUT2D eigenvalue weighted by Gasteiger charge is 2.35. The monoisotopic (exact) mass is 614 g/mol. The van der Waals surface area contributed by atoms with Crippen LogP contribution in [0.3, 0.4) is 0 Å². The summed E-state index contributed by atoms with van der Waals surface area (Å²) in [5, 5.41) is 30.6. The zero-order valence-electron chi connectivity index (χ0n) is 21.3. The molecule has 0 aliphatic carbocycles. The fourth-order valence-corrected chi connectivity index (χ4v) is 4.41. The van der Waals surface area contributed by atoms with Crippen molar-refractivity contribution in [2.24, 2.45) is 7.05 Å². The maximum absolute atomic E-state index is 15.3. The smallest absolute Gasteiger partial charge is 0.436 e. The molecule has 5 rings (SSSR count). The largest absolute Gasteiger partial charge is 0.618 e. The third-order valence-electron chi connectivity index (χ3n) is 6.17. The molecule has 42 heavy (non-hydrogen) atoms. The van der Waals surface area contributed by atoms with E-state index in [4.69, 9.17) is 11.6 Å². The first kappa shape index (κ1) is 29.0. The van der Waals surface area contributed by atoms with Crippen molar-refractivity contribution < 1.29 is 40.5 Å². The lowest BCUT2D eigenvalue weighted by atomic mass is 10.0. The van der Waals surface area contributed by atoms with Crippen molar-refractivity contribution in [2.45, 2.75) is 25.3 Å². The van der Waals surface area contributed by atoms with Crippen LogP contribution in [0.5, 0.6) is 0 Å². The number of hydrogen-bond donors (Lipinski definition) is 1. The normalized spacial score (nSPS) is 12.8. The molecule has 0 aliphatic heterocycles. The topological polar surface area (TPSA) is 117 Å². The van der Waals surface area contributed by atoms with Crippen LogP contribution in [0, 0.1) is 11.0 Å². The third-order valence-corrected chi connectivity index (χ3v) is 6.47. The predicted octanol–water partition coefficient (Wildman–Crippen LogP) is 4.01. The zero-order chi connectivity index (χ0) is 30.2. The summed E-state index contributed by atoms with van der Waals surface area (Å²) in [6, 6.07) is 4.09. The van der Waals surface area contributed by atoms with Gasteiger partial charge < -0.3 is 9.94 Å². The molecule has 1 aromatic carbocycles. The number of benzene rings is 1. The standard InChI is InChI=1S/C24H18ClF6N9O2/c1-37-11-16(33-35-37)14-8-32-38(9-14)17(6-7-42-23(27)28)18-4-2-13(10-40(18)41)21-19(5-3-15(25)22(21)26)39-12-20(34-36-39)24(29,30)31/h2-5,8-12,17,23H,6-7H2,1H3/p+1/t17-/m1/s1. The zero-order valence-corrected chi connectivity index (χ0v) is 22.1. The summed E-state index contributed by atoms with van der Waals surface area (Å²) in [6.07, 6.45) is 1.37. The third kappa shape index (κ3) is 5.91. The highest BCUT2D eigenvalue weighted by atomic mass is 35.5. The van der Waals surface area contributed by atoms with Crippen LogP contribution >= 0.6 is 11.6 Å². The average Bonchev–Trinajstić information content (AvgIpc) is 3.69. The number of nitrogens with one attached hydrogen (secondary N) is 1. The van der Waals surface area contributed by atoms with Crippen molar-refractivity contribution in [2.75, 3.05) is 6.61 Å². The minimum absolute atomic E-state index is 0.0305. The number of rotatable bonds is 9. The van der Waals surface area contributed by atoms with Gasteiger partial charge in [-0.3, -0.25) is 4.68 Å². The molecule has 0 saturated carbocycles. The molecule has 5 aromatic rings. The molecule has 0 saturated heterocycles. The van der Waals surface area contributed by atoms with Crippen molar-refractivity contribution in [1.29, 1.82) is 0 Å². The molecule has 0 aliphatic rings. The molecule has 0 radical (unpaired) electrons. The molecule has 1 atom stereocenters. The SMILES string of the molecule is C[n+]1cc(-c2cnn([C@H](CCOC(F)F)c3ccc(-c4c(-n5cc(C(F)(F)F)nn5)ccc(Cl)c4F)c[n+]3[O-])c2)n[nH]1. The number of nitrogens with zero attached hydrogens (tertiary/aromatic N) is 8. The minimum atomic E-state index is -4.80. The van der Waals surface area contributed by atoms with Gasteiger partial charge in [-0.2, -0.15) is 36.5 Å². The van der Waals surface area contributed by atoms with Gasteiger partial charge in [0.1, 0.15) is 13.1 Å². The Morgan fingerprint density at radius 1 is 1.12 bits per heavy atom. The van der Waals surface area contributed by atoms with E-state index in [0.29, 0.717) is 26.9 Å². The van der Waals surface area contributed by atoms with Crippen LogP contribution in [0.4, 0.5) is 26.3 Å². The van der Waals surface area contributed by atoms with Gasteiger partial charge in [-0.25, -0.2) is 9.07 Å². The van der Waals surface area contributed by atoms with Crippen LogP contribution in [0.25, 0.3) is 28.1 Å². The van der Waals surface area contributed by atoms with Crippen LogP contribution in [0.2, 0.25) is 5.02 Å². The van der Waals surface area contributed by atoms with E-state index < -0.39 is 36.9 Å². The van der Waals surface area contributed by atoms with E-state index in [0.717, 1.165) is 12.3 Å². The Kier molecular flexibility index (Phi) is 7.87. The highest BCUT2D eigenvalue weighted by Crippen LogP contribution is 2.35. The first-order chi connectivity index (χ1) is 19.9. The fourth-order valence-electron chi connectivity index (χ4n) is 4.25. The average molecular weight is 615 g/mol. The number of halogens is 7. The van der Waals surface area contributed by atoms with Gasteiger partial charge in [0.2, 0.25) is 5.69 Å². The van der Waals surface area contributed by atoms with Crippen molar-refractivity contribution in [1.82, 2.24) is 35.1 Å². The van der Waals surface area contributed by atoms with Gasteiger partial charge in [0.25, 0.3) is 5.69 Å². The summed E-state index contributed by atoms with van der Waals surface area (Å²) >= 11 is 5.96. The number of aryl methyl sites for hydroxylation is 1. The molecule has 0 unspecified atom stereocenters. The number of aromatic nitrogens is 9. The minimum Gasteiger partial charge on any atom is -0.618 e. The first-order valence-corrected chi connectivity index (χ1v) is 12.4. The lowest BCUT2D eigenvalue weighted by Crippen LogP contribution is -2.36. The summed E-state index contributed by atoms with van der Waals surface area (Å²) in [5.41, 5.74) is -0.724. The van der Waals surface area contributed by atoms with E-state index in [1.807, 2.05) is 0 Å². The molecule has 11 nitrogen and oxygen atoms in total. The summed E-state index contributed by atoms with van der Waals surface area (Å²) in [5.74, 6) is -1.02. The molecule has 0 amide bonds. The maximum Gasteiger partial charge on any atom is 0.436 e. The van der Waals surface area contributed by atoms with Crippen LogP contribution in [0.15, 0.2) is 55.2 Å². The number of H-pyrrole nitrogens is 1. The predicted molar refractivity (Wildman–Crippen MR) is 131 cm³/mol. The second-order valence-electron chi connectivity index (χ2n) is 8.95. The van der Waals surface area contributed by atoms with E-state index in [2.05, 4.69) is 30.5 Å². The van der Waals surface area contributed by atoms with Gasteiger partial charge in [0, 0.05) is 23.8 Å². The van der Waals surface area contributed by atoms with Gasteiger partial charge in [-0.1, -0.05) is 22.0 Å². The highest BCUT2D eigenvalue weighted by molar-refractivity contribution is 6.31. The Bertz CT molecular complexity index is 1720. The maximum atomic E-state index is 15.3. The van der Waals surface area contributed by atoms with Crippen molar-refractivity contribution >= 4 is 11.6 Å². The molecular weight excluding hydrogens is 596 g/mol. The first-order valence-electron chi connectivity index (χ1n) is 12.0. The Morgan fingerprint density at radius 2 is 1.90 bits per heavy atom. The summed E-state index contributed by atoms with van der Waals surface area (Å²) < 4.78 is 88.5. The molecular formula is C24H19ClF6N9O2+. The summed E-state index contributed by atoms with van der Waals surface area (Å²) in [4.78, 5) is 0. The fraction of sp³-hybridized carbons (Fsp3) is 0.250. The molecule has 1 N–H and O–H groups in total. The number of ether oxygens (including phenoxy) is 1. The quantitative estimate of drug-likeness (QED) is 0.152. The lowest BCUT2D eigenvalue weighted by Gasteiger charge is -2.18. The second-order valence-corrected chi connectivity index (χ2v) is 9.36. The molecule has 4 aromatic heterocycles. The van der Waals surface area contributed by atoms with Crippen LogP contribution in [-0.4, -0.2) is 48.3 Å². The van der Waals surface area contributed by atoms with Gasteiger partial charge in [0.05, 0.1) is 46.4 Å². The summed E-state index contributed by atoms with van der Waals surface area (Å²) in [7, 11) is 1.72. The van der Waals surface area contributed by atoms with Crippen molar-refractivity contribution in [3.63, 3.8) is 0 Å². The van der Waals surface area contributed by atoms with E-state index in [1.165, 1.54) is 29.1 Å². The van der Waals surface area contributed by atoms with Crippen molar-refractivity contribution in [3.8, 4) is 28.1 Å². The van der Waals surface area contributed by atoms with E-state index >= 15 is 4.39 Å². The van der Waals surface area contributed by atoms with Crippen LogP contribution in [0.1, 0.15) is 23.9 Å². The summed E-state index contributed by atoms with van der Waals surface area (Å²) in [6.45, 7) is -3.47. The van der Waals surface area contributed by atoms with Gasteiger partial charge in [-0.15, -0.1) is 5.10 Å². The Morgan fingerprint density at radius 3 is 2.55 bits per heavy atom. The van der Waals surface area contributed by atoms with Gasteiger partial charge in [0.15, 0.2) is 23.9 Å². The number of hydrogen-bond acceptors (Lipinski definition) is 6. The van der Waals surface area contributed by atoms with Gasteiger partial charge >= 0.3 is 12.8 Å². The number of pyridine rings is 1.